The lowest BCUT2D eigenvalue weighted by Crippen LogP contribution is -2.55. The topological polar surface area (TPSA) is 27.7 Å². The SMILES string of the molecule is CO[Si](OC)(OC)c1cc(I)ccc1C. The van der Waals surface area contributed by atoms with Gasteiger partial charge in [-0.1, -0.05) is 6.07 Å². The molecule has 0 atom stereocenters. The van der Waals surface area contributed by atoms with Crippen molar-refractivity contribution in [3.63, 3.8) is 0 Å². The second-order valence-corrected chi connectivity index (χ2v) is 7.25. The summed E-state index contributed by atoms with van der Waals surface area (Å²) in [5.41, 5.74) is 1.13. The maximum absolute atomic E-state index is 5.45. The monoisotopic (exact) mass is 338 g/mol. The molecule has 0 heterocycles. The normalized spacial score (nSPS) is 11.8. The summed E-state index contributed by atoms with van der Waals surface area (Å²) in [6.07, 6.45) is 0. The predicted molar refractivity (Wildman–Crippen MR) is 70.3 cm³/mol. The lowest BCUT2D eigenvalue weighted by Gasteiger charge is -2.26. The molecule has 0 fully saturated rings. The number of benzene rings is 1. The lowest BCUT2D eigenvalue weighted by atomic mass is 10.2. The summed E-state index contributed by atoms with van der Waals surface area (Å²) in [6, 6.07) is 6.16. The second kappa shape index (κ2) is 5.40. The molecule has 0 aliphatic rings. The summed E-state index contributed by atoms with van der Waals surface area (Å²) >= 11 is 2.27. The Labute approximate surface area is 105 Å². The minimum Gasteiger partial charge on any atom is -0.373 e. The molecule has 0 aliphatic heterocycles. The van der Waals surface area contributed by atoms with Crippen LogP contribution in [-0.2, 0) is 13.3 Å². The fraction of sp³-hybridized carbons (Fsp3) is 0.400. The largest absolute Gasteiger partial charge is 0.536 e. The first-order valence-electron chi connectivity index (χ1n) is 4.51. The lowest BCUT2D eigenvalue weighted by molar-refractivity contribution is 0.140. The zero-order chi connectivity index (χ0) is 11.5. The first kappa shape index (κ1) is 13.1. The Kier molecular flexibility index (Phi) is 4.72. The Bertz CT molecular complexity index is 331. The number of hydrogen-bond acceptors (Lipinski definition) is 3. The molecule has 0 aliphatic carbocycles. The molecule has 0 amide bonds. The van der Waals surface area contributed by atoms with Crippen molar-refractivity contribution in [1.82, 2.24) is 0 Å². The van der Waals surface area contributed by atoms with E-state index in [0.29, 0.717) is 0 Å². The van der Waals surface area contributed by atoms with Gasteiger partial charge < -0.3 is 13.3 Å². The van der Waals surface area contributed by atoms with Crippen molar-refractivity contribution in [2.45, 2.75) is 6.92 Å². The van der Waals surface area contributed by atoms with E-state index >= 15 is 0 Å². The second-order valence-electron chi connectivity index (χ2n) is 3.13. The number of aryl methyl sites for hydroxylation is 1. The van der Waals surface area contributed by atoms with Crippen molar-refractivity contribution < 1.29 is 13.3 Å². The van der Waals surface area contributed by atoms with Gasteiger partial charge in [-0.05, 0) is 47.2 Å². The summed E-state index contributed by atoms with van der Waals surface area (Å²) < 4.78 is 17.5. The zero-order valence-electron chi connectivity index (χ0n) is 9.33. The quantitative estimate of drug-likeness (QED) is 0.618. The van der Waals surface area contributed by atoms with Crippen LogP contribution in [0.1, 0.15) is 5.56 Å². The molecule has 0 bridgehead atoms. The van der Waals surface area contributed by atoms with E-state index in [1.54, 1.807) is 21.3 Å². The van der Waals surface area contributed by atoms with E-state index in [9.17, 15) is 0 Å². The van der Waals surface area contributed by atoms with Crippen LogP contribution in [-0.4, -0.2) is 30.1 Å². The highest BCUT2D eigenvalue weighted by atomic mass is 127. The van der Waals surface area contributed by atoms with E-state index < -0.39 is 8.80 Å². The molecular weight excluding hydrogens is 323 g/mol. The van der Waals surface area contributed by atoms with Crippen LogP contribution < -0.4 is 5.19 Å². The van der Waals surface area contributed by atoms with Crippen molar-refractivity contribution in [2.24, 2.45) is 0 Å². The van der Waals surface area contributed by atoms with Crippen molar-refractivity contribution in [3.05, 3.63) is 27.3 Å². The van der Waals surface area contributed by atoms with Gasteiger partial charge in [-0.25, -0.2) is 0 Å². The summed E-state index contributed by atoms with van der Waals surface area (Å²) in [6.45, 7) is 2.03. The highest BCUT2D eigenvalue weighted by molar-refractivity contribution is 14.1. The maximum atomic E-state index is 5.45. The Balaban J connectivity index is 3.27. The summed E-state index contributed by atoms with van der Waals surface area (Å²) in [5, 5.41) is 1.03. The van der Waals surface area contributed by atoms with Gasteiger partial charge in [-0.2, -0.15) is 0 Å². The van der Waals surface area contributed by atoms with Gasteiger partial charge in [-0.15, -0.1) is 0 Å². The Hall–Kier alpha value is 0.0469. The van der Waals surface area contributed by atoms with Crippen LogP contribution in [0.15, 0.2) is 18.2 Å². The van der Waals surface area contributed by atoms with Crippen LogP contribution in [0.3, 0.4) is 0 Å². The molecule has 0 radical (unpaired) electrons. The highest BCUT2D eigenvalue weighted by Crippen LogP contribution is 2.13. The predicted octanol–water partition coefficient (Wildman–Crippen LogP) is 1.68. The van der Waals surface area contributed by atoms with Gasteiger partial charge in [0.15, 0.2) is 0 Å². The molecule has 0 unspecified atom stereocenters. The minimum atomic E-state index is -2.67. The molecule has 3 nitrogen and oxygen atoms in total. The minimum absolute atomic E-state index is 1.03. The van der Waals surface area contributed by atoms with Gasteiger partial charge in [0, 0.05) is 30.1 Å². The molecule has 5 heteroatoms. The summed E-state index contributed by atoms with van der Waals surface area (Å²) in [5.74, 6) is 0. The van der Waals surface area contributed by atoms with Gasteiger partial charge >= 0.3 is 8.80 Å². The molecule has 1 aromatic carbocycles. The smallest absolute Gasteiger partial charge is 0.373 e. The summed E-state index contributed by atoms with van der Waals surface area (Å²) in [7, 11) is 2.20. The van der Waals surface area contributed by atoms with E-state index in [4.69, 9.17) is 13.3 Å². The summed E-state index contributed by atoms with van der Waals surface area (Å²) in [4.78, 5) is 0. The molecule has 0 saturated carbocycles. The van der Waals surface area contributed by atoms with Crippen LogP contribution in [0, 0.1) is 10.5 Å². The molecule has 0 N–H and O–H groups in total. The van der Waals surface area contributed by atoms with Crippen LogP contribution in [0.5, 0.6) is 0 Å². The highest BCUT2D eigenvalue weighted by Gasteiger charge is 2.42. The number of halogens is 1. The van der Waals surface area contributed by atoms with Crippen molar-refractivity contribution in [1.29, 1.82) is 0 Å². The number of rotatable bonds is 4. The van der Waals surface area contributed by atoms with Crippen LogP contribution in [0.4, 0.5) is 0 Å². The Morgan fingerprint density at radius 2 is 1.60 bits per heavy atom. The van der Waals surface area contributed by atoms with E-state index in [1.165, 1.54) is 0 Å². The molecule has 1 aromatic rings. The average Bonchev–Trinajstić information content (AvgIpc) is 2.26. The van der Waals surface area contributed by atoms with Gasteiger partial charge in [0.2, 0.25) is 0 Å². The molecule has 0 saturated heterocycles. The maximum Gasteiger partial charge on any atom is 0.536 e. The van der Waals surface area contributed by atoms with E-state index in [0.717, 1.165) is 14.3 Å². The Morgan fingerprint density at radius 3 is 2.07 bits per heavy atom. The van der Waals surface area contributed by atoms with Gasteiger partial charge in [0.1, 0.15) is 0 Å². The third-order valence-corrected chi connectivity index (χ3v) is 5.82. The zero-order valence-corrected chi connectivity index (χ0v) is 12.5. The number of hydrogen-bond donors (Lipinski definition) is 0. The van der Waals surface area contributed by atoms with E-state index in [-0.39, 0.29) is 0 Å². The first-order valence-corrected chi connectivity index (χ1v) is 7.32. The fourth-order valence-electron chi connectivity index (χ4n) is 1.50. The molecule has 0 aromatic heterocycles. The average molecular weight is 338 g/mol. The van der Waals surface area contributed by atoms with Crippen molar-refractivity contribution >= 4 is 36.6 Å². The Morgan fingerprint density at radius 1 is 1.07 bits per heavy atom. The third kappa shape index (κ3) is 2.59. The fourth-order valence-corrected chi connectivity index (χ4v) is 4.35. The van der Waals surface area contributed by atoms with Gasteiger partial charge in [0.25, 0.3) is 0 Å². The standard InChI is InChI=1S/C10H15IO3Si/c1-8-5-6-9(11)7-10(8)15(12-2,13-3)14-4/h5-7H,1-4H3. The van der Waals surface area contributed by atoms with E-state index in [1.807, 2.05) is 6.92 Å². The van der Waals surface area contributed by atoms with Crippen LogP contribution >= 0.6 is 22.6 Å². The first-order chi connectivity index (χ1) is 7.09. The van der Waals surface area contributed by atoms with Gasteiger partial charge in [0.05, 0.1) is 0 Å². The molecule has 0 spiro atoms. The third-order valence-electron chi connectivity index (χ3n) is 2.34. The molecule has 1 rings (SSSR count). The molecular formula is C10H15IO3Si. The van der Waals surface area contributed by atoms with Crippen LogP contribution in [0.25, 0.3) is 0 Å². The van der Waals surface area contributed by atoms with Crippen LogP contribution in [0.2, 0.25) is 0 Å². The van der Waals surface area contributed by atoms with Gasteiger partial charge in [-0.3, -0.25) is 0 Å². The van der Waals surface area contributed by atoms with E-state index in [2.05, 4.69) is 40.8 Å². The molecule has 15 heavy (non-hydrogen) atoms. The van der Waals surface area contributed by atoms with Crippen molar-refractivity contribution in [2.75, 3.05) is 21.3 Å². The van der Waals surface area contributed by atoms with Crippen molar-refractivity contribution in [3.8, 4) is 0 Å². The molecule has 84 valence electrons.